The second-order valence-electron chi connectivity index (χ2n) is 6.23. The maximum Gasteiger partial charge on any atom is 0.335 e. The number of nitrogens with zero attached hydrogens (tertiary/aromatic N) is 2. The molecular weight excluding hydrogens is 372 g/mol. The number of rotatable bonds is 7. The summed E-state index contributed by atoms with van der Waals surface area (Å²) in [5.74, 6) is 0.199. The first-order valence-electron chi connectivity index (χ1n) is 9.25. The topological polar surface area (TPSA) is 90.6 Å². The van der Waals surface area contributed by atoms with Crippen LogP contribution in [0.3, 0.4) is 0 Å². The first-order valence-corrected chi connectivity index (χ1v) is 9.25. The molecule has 3 aromatic rings. The third kappa shape index (κ3) is 4.13. The predicted molar refractivity (Wildman–Crippen MR) is 112 cm³/mol. The van der Waals surface area contributed by atoms with E-state index in [1.807, 2.05) is 26.0 Å². The molecule has 0 atom stereocenters. The van der Waals surface area contributed by atoms with Crippen LogP contribution in [0.15, 0.2) is 41.2 Å². The normalized spacial score (nSPS) is 11.1. The summed E-state index contributed by atoms with van der Waals surface area (Å²) in [6, 6.07) is 10.0. The largest absolute Gasteiger partial charge is 0.493 e. The van der Waals surface area contributed by atoms with Crippen molar-refractivity contribution in [2.24, 2.45) is 0 Å². The molecule has 0 amide bonds. The van der Waals surface area contributed by atoms with Crippen LogP contribution in [0.1, 0.15) is 35.5 Å². The van der Waals surface area contributed by atoms with Gasteiger partial charge < -0.3 is 19.1 Å². The van der Waals surface area contributed by atoms with Crippen LogP contribution in [-0.4, -0.2) is 34.3 Å². The Morgan fingerprint density at radius 2 is 1.93 bits per heavy atom. The Balaban J connectivity index is 2.06. The van der Waals surface area contributed by atoms with Gasteiger partial charge in [0.2, 0.25) is 0 Å². The number of carbonyl (C=O) groups is 1. The SMILES string of the molecule is CCOc1ccc(/C=C/c2nc3cc(C(=O)O)ccc3n(CC)c2=O)cc1OC. The van der Waals surface area contributed by atoms with Crippen molar-refractivity contribution in [1.29, 1.82) is 0 Å². The molecule has 0 aliphatic heterocycles. The maximum atomic E-state index is 12.8. The van der Waals surface area contributed by atoms with Gasteiger partial charge in [-0.05, 0) is 55.8 Å². The van der Waals surface area contributed by atoms with Crippen molar-refractivity contribution in [2.45, 2.75) is 20.4 Å². The molecule has 150 valence electrons. The van der Waals surface area contributed by atoms with Crippen molar-refractivity contribution in [3.63, 3.8) is 0 Å². The molecule has 0 unspecified atom stereocenters. The summed E-state index contributed by atoms with van der Waals surface area (Å²) in [6.45, 7) is 4.73. The molecule has 1 aromatic heterocycles. The lowest BCUT2D eigenvalue weighted by Crippen LogP contribution is -2.23. The van der Waals surface area contributed by atoms with Crippen LogP contribution in [0.4, 0.5) is 0 Å². The Hall–Kier alpha value is -3.61. The van der Waals surface area contributed by atoms with E-state index in [1.54, 1.807) is 36.0 Å². The molecule has 0 fully saturated rings. The highest BCUT2D eigenvalue weighted by molar-refractivity contribution is 5.92. The first kappa shape index (κ1) is 20.1. The van der Waals surface area contributed by atoms with Gasteiger partial charge in [-0.1, -0.05) is 12.1 Å². The Labute approximate surface area is 167 Å². The highest BCUT2D eigenvalue weighted by Crippen LogP contribution is 2.28. The van der Waals surface area contributed by atoms with Gasteiger partial charge in [-0.3, -0.25) is 4.79 Å². The number of fused-ring (bicyclic) bond motifs is 1. The van der Waals surface area contributed by atoms with E-state index in [1.165, 1.54) is 12.1 Å². The van der Waals surface area contributed by atoms with Crippen LogP contribution >= 0.6 is 0 Å². The lowest BCUT2D eigenvalue weighted by Gasteiger charge is -2.10. The van der Waals surface area contributed by atoms with Gasteiger partial charge in [0.25, 0.3) is 5.56 Å². The Morgan fingerprint density at radius 1 is 1.14 bits per heavy atom. The number of aromatic nitrogens is 2. The molecule has 0 saturated carbocycles. The smallest absolute Gasteiger partial charge is 0.335 e. The van der Waals surface area contributed by atoms with Crippen molar-refractivity contribution < 1.29 is 19.4 Å². The van der Waals surface area contributed by atoms with Gasteiger partial charge in [-0.2, -0.15) is 0 Å². The van der Waals surface area contributed by atoms with Gasteiger partial charge in [-0.15, -0.1) is 0 Å². The average Bonchev–Trinajstić information content (AvgIpc) is 2.72. The molecule has 1 N–H and O–H groups in total. The standard InChI is InChI=1S/C22H22N2O5/c1-4-24-18-10-8-15(22(26)27)13-17(18)23-16(21(24)25)9-6-14-7-11-19(29-5-2)20(12-14)28-3/h6-13H,4-5H2,1-3H3,(H,26,27)/b9-6+. The minimum Gasteiger partial charge on any atom is -0.493 e. The van der Waals surface area contributed by atoms with Crippen LogP contribution in [0.25, 0.3) is 23.2 Å². The number of carboxylic acid groups (broad SMARTS) is 1. The summed E-state index contributed by atoms with van der Waals surface area (Å²) in [6.07, 6.45) is 3.38. The number of ether oxygens (including phenoxy) is 2. The maximum absolute atomic E-state index is 12.8. The minimum absolute atomic E-state index is 0.123. The monoisotopic (exact) mass is 394 g/mol. The molecule has 2 aromatic carbocycles. The van der Waals surface area contributed by atoms with Crippen molar-refractivity contribution in [3.8, 4) is 11.5 Å². The quantitative estimate of drug-likeness (QED) is 0.657. The van der Waals surface area contributed by atoms with Gasteiger partial charge in [-0.25, -0.2) is 9.78 Å². The molecule has 0 bridgehead atoms. The van der Waals surface area contributed by atoms with E-state index in [0.29, 0.717) is 35.7 Å². The van der Waals surface area contributed by atoms with E-state index in [9.17, 15) is 14.7 Å². The van der Waals surface area contributed by atoms with Crippen molar-refractivity contribution in [2.75, 3.05) is 13.7 Å². The number of methoxy groups -OCH3 is 1. The van der Waals surface area contributed by atoms with Crippen LogP contribution in [0.5, 0.6) is 11.5 Å². The Morgan fingerprint density at radius 3 is 2.59 bits per heavy atom. The average molecular weight is 394 g/mol. The first-order chi connectivity index (χ1) is 14.0. The molecule has 0 aliphatic carbocycles. The number of benzene rings is 2. The zero-order chi connectivity index (χ0) is 21.0. The number of carboxylic acids is 1. The van der Waals surface area contributed by atoms with Crippen LogP contribution < -0.4 is 15.0 Å². The lowest BCUT2D eigenvalue weighted by molar-refractivity contribution is 0.0697. The molecule has 1 heterocycles. The van der Waals surface area contributed by atoms with Gasteiger partial charge in [0.1, 0.15) is 5.69 Å². The lowest BCUT2D eigenvalue weighted by atomic mass is 10.1. The summed E-state index contributed by atoms with van der Waals surface area (Å²) >= 11 is 0. The number of hydrogen-bond acceptors (Lipinski definition) is 5. The molecule has 7 nitrogen and oxygen atoms in total. The second kappa shape index (κ2) is 8.60. The highest BCUT2D eigenvalue weighted by Gasteiger charge is 2.11. The summed E-state index contributed by atoms with van der Waals surface area (Å²) in [5.41, 5.74) is 1.98. The number of hydrogen-bond donors (Lipinski definition) is 1. The van der Waals surface area contributed by atoms with Crippen LogP contribution in [0, 0.1) is 0 Å². The van der Waals surface area contributed by atoms with Crippen LogP contribution in [-0.2, 0) is 6.54 Å². The van der Waals surface area contributed by atoms with Crippen molar-refractivity contribution in [1.82, 2.24) is 9.55 Å². The number of aromatic carboxylic acids is 1. The summed E-state index contributed by atoms with van der Waals surface area (Å²) in [7, 11) is 1.57. The zero-order valence-electron chi connectivity index (χ0n) is 16.5. The van der Waals surface area contributed by atoms with Crippen LogP contribution in [0.2, 0.25) is 0 Å². The number of aryl methyl sites for hydroxylation is 1. The van der Waals surface area contributed by atoms with Gasteiger partial charge >= 0.3 is 5.97 Å². The third-order valence-electron chi connectivity index (χ3n) is 4.46. The van der Waals surface area contributed by atoms with E-state index < -0.39 is 5.97 Å². The molecular formula is C22H22N2O5. The molecule has 0 aliphatic rings. The minimum atomic E-state index is -1.04. The fourth-order valence-corrected chi connectivity index (χ4v) is 3.06. The van der Waals surface area contributed by atoms with Gasteiger partial charge in [0.15, 0.2) is 11.5 Å². The van der Waals surface area contributed by atoms with Gasteiger partial charge in [0, 0.05) is 6.54 Å². The van der Waals surface area contributed by atoms with E-state index >= 15 is 0 Å². The molecule has 3 rings (SSSR count). The van der Waals surface area contributed by atoms with E-state index in [0.717, 1.165) is 5.56 Å². The predicted octanol–water partition coefficient (Wildman–Crippen LogP) is 3.69. The Kier molecular flexibility index (Phi) is 5.97. The van der Waals surface area contributed by atoms with Crippen molar-refractivity contribution in [3.05, 3.63) is 63.6 Å². The fraction of sp³-hybridized carbons (Fsp3) is 0.227. The Bertz CT molecular complexity index is 1150. The summed E-state index contributed by atoms with van der Waals surface area (Å²) in [5, 5.41) is 9.22. The molecule has 7 heteroatoms. The summed E-state index contributed by atoms with van der Waals surface area (Å²) in [4.78, 5) is 28.5. The fourth-order valence-electron chi connectivity index (χ4n) is 3.06. The zero-order valence-corrected chi connectivity index (χ0v) is 16.5. The van der Waals surface area contributed by atoms with Gasteiger partial charge in [0.05, 0.1) is 30.3 Å². The highest BCUT2D eigenvalue weighted by atomic mass is 16.5. The van der Waals surface area contributed by atoms with E-state index in [-0.39, 0.29) is 16.8 Å². The third-order valence-corrected chi connectivity index (χ3v) is 4.46. The molecule has 0 radical (unpaired) electrons. The van der Waals surface area contributed by atoms with E-state index in [4.69, 9.17) is 9.47 Å². The van der Waals surface area contributed by atoms with Crippen molar-refractivity contribution >= 4 is 29.2 Å². The molecule has 0 spiro atoms. The van der Waals surface area contributed by atoms with E-state index in [2.05, 4.69) is 4.98 Å². The summed E-state index contributed by atoms with van der Waals surface area (Å²) < 4.78 is 12.4. The molecule has 29 heavy (non-hydrogen) atoms. The molecule has 0 saturated heterocycles. The second-order valence-corrected chi connectivity index (χ2v) is 6.23.